The van der Waals surface area contributed by atoms with Gasteiger partial charge in [0.25, 0.3) is 0 Å². The van der Waals surface area contributed by atoms with Gasteiger partial charge in [-0.3, -0.25) is 9.11 Å². The van der Waals surface area contributed by atoms with E-state index >= 15 is 0 Å². The molecule has 0 aromatic heterocycles. The van der Waals surface area contributed by atoms with Crippen molar-refractivity contribution >= 4 is 37.4 Å². The van der Waals surface area contributed by atoms with Gasteiger partial charge in [0, 0.05) is 22.4 Å². The second kappa shape index (κ2) is 8.31. The Kier molecular flexibility index (Phi) is 23.7. The standard InChI is InChI=1S/Ag.H2O4S.2H2S/c;1-5(2,3)4;;/h;(H2,1,2,3,4);2*1H2. The first-order valence-corrected chi connectivity index (χ1v) is 2.10. The monoisotopic (exact) mass is 273 g/mol. The van der Waals surface area contributed by atoms with Crippen LogP contribution in [0.2, 0.25) is 0 Å². The normalized spacial score (nSPS) is 7.25. The fraction of sp³-hybridized carbons (Fsp3) is 0. The van der Waals surface area contributed by atoms with Crippen molar-refractivity contribution in [3.8, 4) is 0 Å². The van der Waals surface area contributed by atoms with Crippen molar-refractivity contribution in [1.82, 2.24) is 0 Å². The first-order valence-electron chi connectivity index (χ1n) is 0.698. The molecule has 2 N–H and O–H groups in total. The molecular formula is H6AgO4S3. The van der Waals surface area contributed by atoms with Crippen molar-refractivity contribution in [1.29, 1.82) is 0 Å². The van der Waals surface area contributed by atoms with Crippen LogP contribution in [0.4, 0.5) is 0 Å². The molecule has 0 rings (SSSR count). The van der Waals surface area contributed by atoms with Crippen LogP contribution in [-0.4, -0.2) is 17.5 Å². The molecule has 1 radical (unpaired) electrons. The topological polar surface area (TPSA) is 74.6 Å². The van der Waals surface area contributed by atoms with Crippen molar-refractivity contribution in [2.45, 2.75) is 0 Å². The van der Waals surface area contributed by atoms with Crippen LogP contribution in [0.3, 0.4) is 0 Å². The van der Waals surface area contributed by atoms with E-state index in [0.29, 0.717) is 0 Å². The van der Waals surface area contributed by atoms with Gasteiger partial charge in [-0.05, 0) is 0 Å². The van der Waals surface area contributed by atoms with Crippen LogP contribution < -0.4 is 0 Å². The van der Waals surface area contributed by atoms with E-state index in [-0.39, 0.29) is 49.4 Å². The van der Waals surface area contributed by atoms with Crippen LogP contribution in [0, 0.1) is 0 Å². The summed E-state index contributed by atoms with van der Waals surface area (Å²) in [7, 11) is -4.67. The van der Waals surface area contributed by atoms with E-state index in [4.69, 9.17) is 17.5 Å². The zero-order chi connectivity index (χ0) is 4.50. The summed E-state index contributed by atoms with van der Waals surface area (Å²) < 4.78 is 31.6. The van der Waals surface area contributed by atoms with Crippen molar-refractivity contribution in [3.05, 3.63) is 0 Å². The van der Waals surface area contributed by atoms with Crippen molar-refractivity contribution in [2.24, 2.45) is 0 Å². The minimum absolute atomic E-state index is 0. The summed E-state index contributed by atoms with van der Waals surface area (Å²) in [5.41, 5.74) is 0. The van der Waals surface area contributed by atoms with Crippen LogP contribution in [0.15, 0.2) is 0 Å². The maximum Gasteiger partial charge on any atom is 0.394 e. The summed E-state index contributed by atoms with van der Waals surface area (Å²) in [5, 5.41) is 0. The molecule has 4 nitrogen and oxygen atoms in total. The smallest absolute Gasteiger partial charge is 0.264 e. The first-order chi connectivity index (χ1) is 2.00. The largest absolute Gasteiger partial charge is 0.394 e. The third kappa shape index (κ3) is 170. The first kappa shape index (κ1) is 22.8. The van der Waals surface area contributed by atoms with E-state index in [2.05, 4.69) is 0 Å². The molecule has 0 atom stereocenters. The summed E-state index contributed by atoms with van der Waals surface area (Å²) in [6.07, 6.45) is 0. The van der Waals surface area contributed by atoms with Crippen LogP contribution in [-0.2, 0) is 32.8 Å². The predicted octanol–water partition coefficient (Wildman–Crippen LogP) is -0.430. The molecule has 0 saturated carbocycles. The minimum Gasteiger partial charge on any atom is -0.264 e. The van der Waals surface area contributed by atoms with Crippen molar-refractivity contribution in [3.63, 3.8) is 0 Å². The molecule has 0 amide bonds. The van der Waals surface area contributed by atoms with Gasteiger partial charge in [-0.25, -0.2) is 0 Å². The molecule has 59 valence electrons. The Morgan fingerprint density at radius 1 is 1.00 bits per heavy atom. The van der Waals surface area contributed by atoms with Gasteiger partial charge in [-0.2, -0.15) is 35.4 Å². The minimum atomic E-state index is -4.67. The number of rotatable bonds is 0. The Hall–Kier alpha value is 1.31. The Morgan fingerprint density at radius 2 is 1.00 bits per heavy atom. The molecule has 0 bridgehead atoms. The molecule has 0 heterocycles. The summed E-state index contributed by atoms with van der Waals surface area (Å²) in [6, 6.07) is 0. The van der Waals surface area contributed by atoms with Crippen molar-refractivity contribution in [2.75, 3.05) is 0 Å². The van der Waals surface area contributed by atoms with Gasteiger partial charge in [-0.1, -0.05) is 0 Å². The quantitative estimate of drug-likeness (QED) is 0.464. The second-order valence-electron chi connectivity index (χ2n) is 0.448. The molecule has 0 aliphatic carbocycles. The SMILES string of the molecule is O=S(=O)(O)O.S.S.[Ag]. The average Bonchev–Trinajstić information content (AvgIpc) is 0.722. The molecule has 0 aliphatic rings. The third-order valence-electron chi connectivity index (χ3n) is 0. The Bertz CT molecular complexity index is 94.5. The van der Waals surface area contributed by atoms with E-state index in [9.17, 15) is 0 Å². The Labute approximate surface area is 77.0 Å². The van der Waals surface area contributed by atoms with E-state index < -0.39 is 10.4 Å². The predicted molar refractivity (Wildman–Crippen MR) is 34.9 cm³/mol. The molecule has 0 spiro atoms. The molecule has 0 saturated heterocycles. The van der Waals surface area contributed by atoms with Gasteiger partial charge in [0.2, 0.25) is 0 Å². The summed E-state index contributed by atoms with van der Waals surface area (Å²) in [6.45, 7) is 0. The van der Waals surface area contributed by atoms with Gasteiger partial charge in [0.05, 0.1) is 0 Å². The van der Waals surface area contributed by atoms with Gasteiger partial charge < -0.3 is 0 Å². The van der Waals surface area contributed by atoms with Gasteiger partial charge >= 0.3 is 10.4 Å². The Balaban J connectivity index is -0.0000000267. The molecule has 0 unspecified atom stereocenters. The zero-order valence-electron chi connectivity index (χ0n) is 3.42. The molecule has 0 aromatic carbocycles. The fourth-order valence-corrected chi connectivity index (χ4v) is 0. The molecule has 0 aromatic rings. The maximum atomic E-state index is 8.74. The van der Waals surface area contributed by atoms with Crippen LogP contribution in [0.5, 0.6) is 0 Å². The fourth-order valence-electron chi connectivity index (χ4n) is 0. The number of hydrogen-bond acceptors (Lipinski definition) is 2. The molecular weight excluding hydrogens is 268 g/mol. The van der Waals surface area contributed by atoms with Crippen LogP contribution in [0.25, 0.3) is 0 Å². The van der Waals surface area contributed by atoms with E-state index in [1.165, 1.54) is 0 Å². The van der Waals surface area contributed by atoms with Crippen molar-refractivity contribution < 1.29 is 39.9 Å². The van der Waals surface area contributed by atoms with Crippen LogP contribution >= 0.6 is 27.0 Å². The zero-order valence-corrected chi connectivity index (χ0v) is 7.72. The molecule has 8 heteroatoms. The summed E-state index contributed by atoms with van der Waals surface area (Å²) >= 11 is 0. The van der Waals surface area contributed by atoms with E-state index in [0.717, 1.165) is 0 Å². The van der Waals surface area contributed by atoms with Gasteiger partial charge in [0.1, 0.15) is 0 Å². The maximum absolute atomic E-state index is 8.74. The summed E-state index contributed by atoms with van der Waals surface area (Å²) in [5.74, 6) is 0. The number of hydrogen-bond donors (Lipinski definition) is 2. The van der Waals surface area contributed by atoms with E-state index in [1.807, 2.05) is 0 Å². The van der Waals surface area contributed by atoms with Gasteiger partial charge in [0.15, 0.2) is 0 Å². The average molecular weight is 274 g/mol. The van der Waals surface area contributed by atoms with Crippen LogP contribution in [0.1, 0.15) is 0 Å². The second-order valence-corrected chi connectivity index (χ2v) is 1.34. The summed E-state index contributed by atoms with van der Waals surface area (Å²) in [4.78, 5) is 0. The Morgan fingerprint density at radius 3 is 1.00 bits per heavy atom. The van der Waals surface area contributed by atoms with Gasteiger partial charge in [-0.15, -0.1) is 0 Å². The third-order valence-corrected chi connectivity index (χ3v) is 0. The molecule has 0 aliphatic heterocycles. The molecule has 8 heavy (non-hydrogen) atoms. The molecule has 0 fully saturated rings. The van der Waals surface area contributed by atoms with E-state index in [1.54, 1.807) is 0 Å².